The van der Waals surface area contributed by atoms with Crippen molar-refractivity contribution in [1.82, 2.24) is 53.2 Å². The van der Waals surface area contributed by atoms with Crippen molar-refractivity contribution >= 4 is 29.5 Å². The highest BCUT2D eigenvalue weighted by Crippen LogP contribution is 2.29. The molecule has 2 aromatic rings. The minimum atomic E-state index is -1.04. The Morgan fingerprint density at radius 2 is 1.40 bits per heavy atom. The lowest BCUT2D eigenvalue weighted by Crippen LogP contribution is -2.58. The minimum absolute atomic E-state index is 0.0535. The van der Waals surface area contributed by atoms with E-state index in [0.717, 1.165) is 22.3 Å². The number of nitrogens with one attached hydrogen (secondary N) is 10. The van der Waals surface area contributed by atoms with E-state index in [1.54, 1.807) is 40.3 Å². The Kier molecular flexibility index (Phi) is 19.0. The fourth-order valence-electron chi connectivity index (χ4n) is 6.40. The first-order valence-electron chi connectivity index (χ1n) is 19.1. The second-order valence-electron chi connectivity index (χ2n) is 13.9. The van der Waals surface area contributed by atoms with Crippen LogP contribution in [0.4, 0.5) is 0 Å². The Labute approximate surface area is 324 Å². The smallest absolute Gasteiger partial charge is 0.243 e. The maximum atomic E-state index is 14.0. The number of aryl methyl sites for hydroxylation is 1. The third-order valence-corrected chi connectivity index (χ3v) is 9.91. The van der Waals surface area contributed by atoms with Crippen molar-refractivity contribution in [2.24, 2.45) is 0 Å². The molecule has 5 atom stereocenters. The van der Waals surface area contributed by atoms with Crippen LogP contribution in [0.1, 0.15) is 42.4 Å². The van der Waals surface area contributed by atoms with Gasteiger partial charge in [0, 0.05) is 39.0 Å². The Morgan fingerprint density at radius 1 is 0.745 bits per heavy atom. The highest BCUT2D eigenvalue weighted by Gasteiger charge is 2.30. The molecule has 11 N–H and O–H groups in total. The largest absolute Gasteiger partial charge is 0.508 e. The van der Waals surface area contributed by atoms with E-state index in [9.17, 15) is 29.1 Å². The topological polar surface area (TPSA) is 226 Å². The van der Waals surface area contributed by atoms with Crippen molar-refractivity contribution in [2.75, 3.05) is 68.0 Å². The molecule has 0 aromatic heterocycles. The first kappa shape index (κ1) is 44.8. The number of fused-ring (bicyclic) bond motifs is 5. The third kappa shape index (κ3) is 13.9. The summed E-state index contributed by atoms with van der Waals surface area (Å²) in [4.78, 5) is 67.0. The molecule has 3 rings (SSSR count). The third-order valence-electron chi connectivity index (χ3n) is 9.91. The molecule has 2 aromatic carbocycles. The van der Waals surface area contributed by atoms with E-state index in [1.165, 1.54) is 0 Å². The number of hydrogen-bond acceptors (Lipinski definition) is 11. The van der Waals surface area contributed by atoms with E-state index in [-0.39, 0.29) is 37.0 Å². The summed E-state index contributed by atoms with van der Waals surface area (Å²) in [5.41, 5.74) is 3.98. The zero-order chi connectivity index (χ0) is 40.3. The van der Waals surface area contributed by atoms with Crippen molar-refractivity contribution in [2.45, 2.75) is 75.7 Å². The van der Waals surface area contributed by atoms with Gasteiger partial charge in [0.2, 0.25) is 29.5 Å². The van der Waals surface area contributed by atoms with E-state index in [2.05, 4.69) is 53.2 Å². The molecular formula is C39H62N10O6. The number of phenols is 1. The van der Waals surface area contributed by atoms with Crippen molar-refractivity contribution < 1.29 is 29.1 Å². The second kappa shape index (κ2) is 23.3. The van der Waals surface area contributed by atoms with Gasteiger partial charge in [0.1, 0.15) is 23.9 Å². The van der Waals surface area contributed by atoms with Crippen molar-refractivity contribution in [1.29, 1.82) is 0 Å². The van der Waals surface area contributed by atoms with Gasteiger partial charge in [-0.1, -0.05) is 24.3 Å². The summed E-state index contributed by atoms with van der Waals surface area (Å²) in [5.74, 6) is -1.78. The molecule has 0 unspecified atom stereocenters. The van der Waals surface area contributed by atoms with E-state index in [1.807, 2.05) is 38.2 Å². The SMILES string of the molecule is CNCCC[C@@H]1NC(=O)[C@@H](NC)Cc2cc(ccc2O)-c2ccc(C)c(c2)C[C@@H](C(=O)NC[C@H](NC)C(=O)NCCC[C@H](NC)C(=O)NCCNC)NC1=O. The van der Waals surface area contributed by atoms with Crippen LogP contribution in [0.5, 0.6) is 5.75 Å². The summed E-state index contributed by atoms with van der Waals surface area (Å²) in [5, 5.41) is 40.1. The Hall–Kier alpha value is -4.61. The highest BCUT2D eigenvalue weighted by molar-refractivity contribution is 5.93. The number of carbonyl (C=O) groups excluding carboxylic acids is 5. The molecular weight excluding hydrogens is 704 g/mol. The molecule has 0 radical (unpaired) electrons. The molecule has 0 spiro atoms. The summed E-state index contributed by atoms with van der Waals surface area (Å²) < 4.78 is 0. The molecule has 0 fully saturated rings. The molecule has 0 saturated carbocycles. The van der Waals surface area contributed by atoms with Gasteiger partial charge in [-0.3, -0.25) is 24.0 Å². The Bertz CT molecular complexity index is 1590. The predicted octanol–water partition coefficient (Wildman–Crippen LogP) is -1.45. The van der Waals surface area contributed by atoms with Gasteiger partial charge in [0.15, 0.2) is 0 Å². The van der Waals surface area contributed by atoms with E-state index in [0.29, 0.717) is 57.4 Å². The van der Waals surface area contributed by atoms with Crippen molar-refractivity contribution in [3.8, 4) is 16.9 Å². The predicted molar refractivity (Wildman–Crippen MR) is 213 cm³/mol. The summed E-state index contributed by atoms with van der Waals surface area (Å²) in [6.45, 7) is 4.00. The van der Waals surface area contributed by atoms with Gasteiger partial charge < -0.3 is 58.3 Å². The summed E-state index contributed by atoms with van der Waals surface area (Å²) in [6, 6.07) is 7.24. The molecule has 1 aliphatic heterocycles. The summed E-state index contributed by atoms with van der Waals surface area (Å²) in [6.07, 6.45) is 2.30. The van der Waals surface area contributed by atoms with Crippen LogP contribution in [0.25, 0.3) is 11.1 Å². The molecule has 16 heteroatoms. The van der Waals surface area contributed by atoms with Crippen LogP contribution in [0, 0.1) is 6.92 Å². The quantitative estimate of drug-likeness (QED) is 0.0742. The lowest BCUT2D eigenvalue weighted by Gasteiger charge is -2.26. The molecule has 4 bridgehead atoms. The van der Waals surface area contributed by atoms with Crippen LogP contribution >= 0.6 is 0 Å². The number of hydrogen-bond donors (Lipinski definition) is 11. The number of aromatic hydroxyl groups is 1. The van der Waals surface area contributed by atoms with Gasteiger partial charge in [-0.05, 0) is 114 Å². The molecule has 304 valence electrons. The lowest BCUT2D eigenvalue weighted by atomic mass is 9.93. The summed E-state index contributed by atoms with van der Waals surface area (Å²) in [7, 11) is 8.60. The molecule has 1 heterocycles. The van der Waals surface area contributed by atoms with Crippen LogP contribution in [0.2, 0.25) is 0 Å². The molecule has 1 aliphatic rings. The molecule has 55 heavy (non-hydrogen) atoms. The average molecular weight is 767 g/mol. The lowest BCUT2D eigenvalue weighted by molar-refractivity contribution is -0.132. The monoisotopic (exact) mass is 766 g/mol. The maximum Gasteiger partial charge on any atom is 0.243 e. The van der Waals surface area contributed by atoms with E-state index < -0.39 is 47.9 Å². The van der Waals surface area contributed by atoms with Crippen LogP contribution < -0.4 is 53.2 Å². The Balaban J connectivity index is 1.81. The number of amides is 5. The highest BCUT2D eigenvalue weighted by atomic mass is 16.3. The van der Waals surface area contributed by atoms with E-state index >= 15 is 0 Å². The minimum Gasteiger partial charge on any atom is -0.508 e. The fraction of sp³-hybridized carbons (Fsp3) is 0.564. The maximum absolute atomic E-state index is 14.0. The molecule has 0 saturated heterocycles. The van der Waals surface area contributed by atoms with Crippen LogP contribution in [0.15, 0.2) is 36.4 Å². The number of carbonyl (C=O) groups is 5. The zero-order valence-electron chi connectivity index (χ0n) is 33.1. The van der Waals surface area contributed by atoms with Crippen molar-refractivity contribution in [3.63, 3.8) is 0 Å². The van der Waals surface area contributed by atoms with Gasteiger partial charge in [0.25, 0.3) is 0 Å². The van der Waals surface area contributed by atoms with Crippen LogP contribution in [-0.4, -0.2) is 133 Å². The zero-order valence-corrected chi connectivity index (χ0v) is 33.1. The van der Waals surface area contributed by atoms with Gasteiger partial charge in [0.05, 0.1) is 12.1 Å². The second-order valence-corrected chi connectivity index (χ2v) is 13.9. The number of rotatable bonds is 19. The van der Waals surface area contributed by atoms with Crippen LogP contribution in [-0.2, 0) is 36.8 Å². The molecule has 0 aliphatic carbocycles. The summed E-state index contributed by atoms with van der Waals surface area (Å²) >= 11 is 0. The standard InChI is InChI=1S/C39H62N10O6/c1-24-11-12-25-19-27(24)21-32(36(52)47-23-33(44-6)37(53)45-16-8-9-29(42-4)35(51)46-18-17-41-3)49-38(54)30(10-7-15-40-2)48-39(55)31(43-5)22-28-20-26(25)13-14-34(28)50/h11-14,19-20,29-33,40-44,50H,7-10,15-18,21-23H2,1-6H3,(H,45,53)(H,46,51)(H,47,52)(H,48,55)(H,49,54)/t29-,30-,31-,32-,33-/m0/s1. The fourth-order valence-corrected chi connectivity index (χ4v) is 6.40. The Morgan fingerprint density at radius 3 is 2.07 bits per heavy atom. The van der Waals surface area contributed by atoms with Crippen LogP contribution in [0.3, 0.4) is 0 Å². The van der Waals surface area contributed by atoms with Gasteiger partial charge in [-0.15, -0.1) is 0 Å². The first-order valence-corrected chi connectivity index (χ1v) is 19.1. The van der Waals surface area contributed by atoms with Gasteiger partial charge in [-0.25, -0.2) is 0 Å². The normalized spacial score (nSPS) is 18.5. The first-order chi connectivity index (χ1) is 26.4. The molecule has 5 amide bonds. The van der Waals surface area contributed by atoms with Gasteiger partial charge in [-0.2, -0.15) is 0 Å². The number of phenolic OH excluding ortho intramolecular Hbond substituents is 1. The molecule has 16 nitrogen and oxygen atoms in total. The average Bonchev–Trinajstić information content (AvgIpc) is 3.17. The van der Waals surface area contributed by atoms with Gasteiger partial charge >= 0.3 is 0 Å². The number of benzene rings is 2. The van der Waals surface area contributed by atoms with E-state index in [4.69, 9.17) is 0 Å². The number of likely N-dealkylation sites (N-methyl/N-ethyl adjacent to an activating group) is 4. The van der Waals surface area contributed by atoms with Crippen molar-refractivity contribution in [3.05, 3.63) is 53.1 Å².